The molecule has 98 valence electrons. The lowest BCUT2D eigenvalue weighted by atomic mass is 10.1. The van der Waals surface area contributed by atoms with E-state index in [1.54, 1.807) is 12.4 Å². The number of hydrogen-bond acceptors (Lipinski definition) is 3. The third kappa shape index (κ3) is 4.10. The maximum atomic E-state index is 11.7. The fraction of sp³-hybridized carbons (Fsp3) is 0.200. The van der Waals surface area contributed by atoms with Crippen LogP contribution in [0.2, 0.25) is 0 Å². The van der Waals surface area contributed by atoms with Crippen LogP contribution in [0.25, 0.3) is 0 Å². The lowest BCUT2D eigenvalue weighted by Crippen LogP contribution is -2.31. The molecule has 4 nitrogen and oxygen atoms in total. The number of rotatable bonds is 5. The Labute approximate surface area is 112 Å². The van der Waals surface area contributed by atoms with E-state index in [-0.39, 0.29) is 18.6 Å². The van der Waals surface area contributed by atoms with Gasteiger partial charge < -0.3 is 10.1 Å². The van der Waals surface area contributed by atoms with Gasteiger partial charge in [-0.2, -0.15) is 0 Å². The summed E-state index contributed by atoms with van der Waals surface area (Å²) in [4.78, 5) is 15.8. The highest BCUT2D eigenvalue weighted by Crippen LogP contribution is 2.10. The van der Waals surface area contributed by atoms with Crippen molar-refractivity contribution in [1.29, 1.82) is 0 Å². The topological polar surface area (TPSA) is 51.2 Å². The molecular weight excluding hydrogens is 240 g/mol. The first-order valence-corrected chi connectivity index (χ1v) is 6.13. The average Bonchev–Trinajstić information content (AvgIpc) is 2.47. The average molecular weight is 256 g/mol. The molecule has 0 spiro atoms. The summed E-state index contributed by atoms with van der Waals surface area (Å²) >= 11 is 0. The Hall–Kier alpha value is -2.36. The molecule has 0 fully saturated rings. The van der Waals surface area contributed by atoms with E-state index in [2.05, 4.69) is 10.3 Å². The van der Waals surface area contributed by atoms with Crippen molar-refractivity contribution in [1.82, 2.24) is 10.3 Å². The smallest absolute Gasteiger partial charge is 0.258 e. The molecule has 19 heavy (non-hydrogen) atoms. The summed E-state index contributed by atoms with van der Waals surface area (Å²) in [5.74, 6) is 0.534. The molecule has 1 amide bonds. The summed E-state index contributed by atoms with van der Waals surface area (Å²) in [5.41, 5.74) is 0.968. The van der Waals surface area contributed by atoms with Crippen molar-refractivity contribution in [2.45, 2.75) is 13.0 Å². The number of para-hydroxylation sites is 1. The van der Waals surface area contributed by atoms with Gasteiger partial charge >= 0.3 is 0 Å². The molecule has 0 aliphatic rings. The molecular formula is C15H16N2O2. The molecule has 0 aliphatic heterocycles. The molecule has 0 radical (unpaired) electrons. The maximum absolute atomic E-state index is 11.7. The molecule has 1 unspecified atom stereocenters. The van der Waals surface area contributed by atoms with Gasteiger partial charge in [-0.25, -0.2) is 0 Å². The van der Waals surface area contributed by atoms with Crippen LogP contribution in [-0.4, -0.2) is 17.5 Å². The monoisotopic (exact) mass is 256 g/mol. The standard InChI is InChI=1S/C15H16N2O2/c1-12(13-6-5-9-16-10-13)17-15(18)11-19-14-7-3-2-4-8-14/h2-10,12H,11H2,1H3,(H,17,18). The number of aromatic nitrogens is 1. The Kier molecular flexibility index (Phi) is 4.50. The quantitative estimate of drug-likeness (QED) is 0.893. The van der Waals surface area contributed by atoms with Gasteiger partial charge in [-0.15, -0.1) is 0 Å². The minimum absolute atomic E-state index is 0.00855. The highest BCUT2D eigenvalue weighted by molar-refractivity contribution is 5.77. The van der Waals surface area contributed by atoms with Gasteiger partial charge in [-0.05, 0) is 30.7 Å². The Morgan fingerprint density at radius 3 is 2.74 bits per heavy atom. The lowest BCUT2D eigenvalue weighted by Gasteiger charge is -2.14. The van der Waals surface area contributed by atoms with Crippen molar-refractivity contribution >= 4 is 5.91 Å². The van der Waals surface area contributed by atoms with E-state index < -0.39 is 0 Å². The van der Waals surface area contributed by atoms with Gasteiger partial charge in [0.1, 0.15) is 5.75 Å². The van der Waals surface area contributed by atoms with Gasteiger partial charge in [-0.1, -0.05) is 24.3 Å². The van der Waals surface area contributed by atoms with Crippen molar-refractivity contribution in [3.05, 3.63) is 60.4 Å². The highest BCUT2D eigenvalue weighted by atomic mass is 16.5. The molecule has 1 heterocycles. The van der Waals surface area contributed by atoms with Crippen LogP contribution in [0, 0.1) is 0 Å². The largest absolute Gasteiger partial charge is 0.484 e. The van der Waals surface area contributed by atoms with Crippen LogP contribution in [-0.2, 0) is 4.79 Å². The summed E-state index contributed by atoms with van der Waals surface area (Å²) in [6.45, 7) is 1.92. The van der Waals surface area contributed by atoms with Gasteiger partial charge in [0.25, 0.3) is 5.91 Å². The number of nitrogens with zero attached hydrogens (tertiary/aromatic N) is 1. The van der Waals surface area contributed by atoms with E-state index in [1.807, 2.05) is 49.4 Å². The van der Waals surface area contributed by atoms with Crippen LogP contribution in [0.4, 0.5) is 0 Å². The number of hydrogen-bond donors (Lipinski definition) is 1. The van der Waals surface area contributed by atoms with Crippen LogP contribution in [0.1, 0.15) is 18.5 Å². The van der Waals surface area contributed by atoms with Crippen LogP contribution in [0.5, 0.6) is 5.75 Å². The third-order valence-electron chi connectivity index (χ3n) is 2.68. The number of carbonyl (C=O) groups excluding carboxylic acids is 1. The fourth-order valence-corrected chi connectivity index (χ4v) is 1.66. The second kappa shape index (κ2) is 6.54. The van der Waals surface area contributed by atoms with Crippen LogP contribution in [0.15, 0.2) is 54.9 Å². The zero-order valence-corrected chi connectivity index (χ0v) is 10.7. The first kappa shape index (κ1) is 13.1. The summed E-state index contributed by atoms with van der Waals surface area (Å²) < 4.78 is 5.38. The van der Waals surface area contributed by atoms with Gasteiger partial charge in [0.15, 0.2) is 6.61 Å². The van der Waals surface area contributed by atoms with Gasteiger partial charge in [0, 0.05) is 12.4 Å². The van der Waals surface area contributed by atoms with E-state index in [4.69, 9.17) is 4.74 Å². The van der Waals surface area contributed by atoms with Crippen molar-refractivity contribution in [2.75, 3.05) is 6.61 Å². The van der Waals surface area contributed by atoms with Crippen molar-refractivity contribution in [2.24, 2.45) is 0 Å². The summed E-state index contributed by atoms with van der Waals surface area (Å²) in [6.07, 6.45) is 3.44. The van der Waals surface area contributed by atoms with Crippen molar-refractivity contribution < 1.29 is 9.53 Å². The third-order valence-corrected chi connectivity index (χ3v) is 2.68. The Bertz CT molecular complexity index is 514. The van der Waals surface area contributed by atoms with E-state index >= 15 is 0 Å². The minimum atomic E-state index is -0.153. The zero-order valence-electron chi connectivity index (χ0n) is 10.7. The van der Waals surface area contributed by atoms with Crippen LogP contribution >= 0.6 is 0 Å². The fourth-order valence-electron chi connectivity index (χ4n) is 1.66. The molecule has 2 rings (SSSR count). The molecule has 1 aromatic heterocycles. The van der Waals surface area contributed by atoms with Crippen molar-refractivity contribution in [3.8, 4) is 5.75 Å². The normalized spacial score (nSPS) is 11.6. The predicted molar refractivity (Wildman–Crippen MR) is 72.7 cm³/mol. The molecule has 0 saturated heterocycles. The zero-order chi connectivity index (χ0) is 13.5. The van der Waals surface area contributed by atoms with Gasteiger partial charge in [-0.3, -0.25) is 9.78 Å². The molecule has 4 heteroatoms. The number of ether oxygens (including phenoxy) is 1. The molecule has 1 N–H and O–H groups in total. The molecule has 0 bridgehead atoms. The summed E-state index contributed by atoms with van der Waals surface area (Å²) in [7, 11) is 0. The van der Waals surface area contributed by atoms with Crippen molar-refractivity contribution in [3.63, 3.8) is 0 Å². The minimum Gasteiger partial charge on any atom is -0.484 e. The SMILES string of the molecule is CC(NC(=O)COc1ccccc1)c1cccnc1. The maximum Gasteiger partial charge on any atom is 0.258 e. The number of benzene rings is 1. The molecule has 0 saturated carbocycles. The van der Waals surface area contributed by atoms with Crippen LogP contribution < -0.4 is 10.1 Å². The second-order valence-electron chi connectivity index (χ2n) is 4.18. The van der Waals surface area contributed by atoms with E-state index in [1.165, 1.54) is 0 Å². The Morgan fingerprint density at radius 1 is 1.26 bits per heavy atom. The number of amides is 1. The first-order valence-electron chi connectivity index (χ1n) is 6.13. The predicted octanol–water partition coefficient (Wildman–Crippen LogP) is 2.34. The number of carbonyl (C=O) groups is 1. The molecule has 2 aromatic rings. The van der Waals surface area contributed by atoms with Crippen LogP contribution in [0.3, 0.4) is 0 Å². The Balaban J connectivity index is 1.82. The summed E-state index contributed by atoms with van der Waals surface area (Å²) in [6, 6.07) is 13.0. The van der Waals surface area contributed by atoms with Gasteiger partial charge in [0.05, 0.1) is 6.04 Å². The number of pyridine rings is 1. The number of nitrogens with one attached hydrogen (secondary N) is 1. The molecule has 0 aliphatic carbocycles. The van der Waals surface area contributed by atoms with E-state index in [9.17, 15) is 4.79 Å². The highest BCUT2D eigenvalue weighted by Gasteiger charge is 2.09. The first-order chi connectivity index (χ1) is 9.25. The molecule has 1 atom stereocenters. The van der Waals surface area contributed by atoms with E-state index in [0.717, 1.165) is 5.56 Å². The molecule has 1 aromatic carbocycles. The Morgan fingerprint density at radius 2 is 2.05 bits per heavy atom. The lowest BCUT2D eigenvalue weighted by molar-refractivity contribution is -0.123. The second-order valence-corrected chi connectivity index (χ2v) is 4.18. The van der Waals surface area contributed by atoms with E-state index in [0.29, 0.717) is 5.75 Å². The summed E-state index contributed by atoms with van der Waals surface area (Å²) in [5, 5.41) is 2.86. The van der Waals surface area contributed by atoms with Gasteiger partial charge in [0.2, 0.25) is 0 Å².